The first-order valence-electron chi connectivity index (χ1n) is 14.8. The first-order valence-corrected chi connectivity index (χ1v) is 14.8. The van der Waals surface area contributed by atoms with Crippen LogP contribution in [0, 0.1) is 19.7 Å². The fourth-order valence-corrected chi connectivity index (χ4v) is 5.60. The summed E-state index contributed by atoms with van der Waals surface area (Å²) in [6, 6.07) is 18.0. The molecule has 0 aliphatic carbocycles. The van der Waals surface area contributed by atoms with Gasteiger partial charge in [0.25, 0.3) is 5.92 Å². The molecule has 236 valence electrons. The molecule has 0 spiro atoms. The molecule has 0 saturated carbocycles. The minimum absolute atomic E-state index is 0.0951. The van der Waals surface area contributed by atoms with Crippen molar-refractivity contribution >= 4 is 5.97 Å². The van der Waals surface area contributed by atoms with Gasteiger partial charge in [-0.05, 0) is 93.3 Å². The number of ether oxygens (including phenoxy) is 3. The van der Waals surface area contributed by atoms with Crippen molar-refractivity contribution in [3.05, 3.63) is 101 Å². The van der Waals surface area contributed by atoms with Crippen molar-refractivity contribution in [2.45, 2.75) is 65.1 Å². The second-order valence-corrected chi connectivity index (χ2v) is 12.2. The molecule has 0 radical (unpaired) electrons. The SMILES string of the molecule is Cc1nc(C)c([C@H](OC(C)(C)C)C(=O)O)c(-c2ccc3c(c2)C(F)(F)CCO3)c1-c1ccc(OCCc2ccc(F)cc2)cc1. The largest absolute Gasteiger partial charge is 0.493 e. The Kier molecular flexibility index (Phi) is 8.94. The lowest BCUT2D eigenvalue weighted by Crippen LogP contribution is -2.29. The molecule has 1 atom stereocenters. The number of nitrogens with zero attached hydrogens (tertiary/aromatic N) is 1. The molecule has 1 N–H and O–H groups in total. The van der Waals surface area contributed by atoms with E-state index >= 15 is 8.78 Å². The lowest BCUT2D eigenvalue weighted by Gasteiger charge is -2.30. The van der Waals surface area contributed by atoms with Gasteiger partial charge in [-0.15, -0.1) is 0 Å². The fraction of sp³-hybridized carbons (Fsp3) is 0.333. The summed E-state index contributed by atoms with van der Waals surface area (Å²) in [4.78, 5) is 17.4. The maximum absolute atomic E-state index is 15.1. The number of aryl methyl sites for hydroxylation is 2. The average Bonchev–Trinajstić information content (AvgIpc) is 2.97. The van der Waals surface area contributed by atoms with Crippen LogP contribution >= 0.6 is 0 Å². The number of hydrogen-bond acceptors (Lipinski definition) is 5. The summed E-state index contributed by atoms with van der Waals surface area (Å²) >= 11 is 0. The van der Waals surface area contributed by atoms with Crippen molar-refractivity contribution in [1.82, 2.24) is 4.98 Å². The third-order valence-corrected chi connectivity index (χ3v) is 7.62. The lowest BCUT2D eigenvalue weighted by atomic mass is 9.85. The van der Waals surface area contributed by atoms with Gasteiger partial charge in [0.05, 0.1) is 30.8 Å². The lowest BCUT2D eigenvalue weighted by molar-refractivity contribution is -0.160. The van der Waals surface area contributed by atoms with E-state index in [1.165, 1.54) is 24.3 Å². The number of halogens is 3. The van der Waals surface area contributed by atoms with Crippen LogP contribution in [0.3, 0.4) is 0 Å². The van der Waals surface area contributed by atoms with Crippen LogP contribution in [0.25, 0.3) is 22.3 Å². The standard InChI is InChI=1S/C36H36F3NO5/c1-21-30(24-8-13-27(14-9-24)43-18-16-23-6-11-26(37)12-7-23)32(25-10-15-29-28(20-25)36(38,39)17-19-44-29)31(22(2)40-21)33(34(41)42)45-35(3,4)5/h6-15,20,33H,16-19H2,1-5H3,(H,41,42)/t33-/m0/s1. The third kappa shape index (κ3) is 7.14. The zero-order chi connectivity index (χ0) is 32.5. The van der Waals surface area contributed by atoms with Crippen LogP contribution in [0.5, 0.6) is 11.5 Å². The van der Waals surface area contributed by atoms with E-state index in [1.807, 2.05) is 12.1 Å². The molecule has 1 aromatic heterocycles. The first-order chi connectivity index (χ1) is 21.2. The number of hydrogen-bond donors (Lipinski definition) is 1. The summed E-state index contributed by atoms with van der Waals surface area (Å²) in [6.07, 6.45) is -1.28. The van der Waals surface area contributed by atoms with E-state index < -0.39 is 30.0 Å². The van der Waals surface area contributed by atoms with Gasteiger partial charge < -0.3 is 19.3 Å². The van der Waals surface area contributed by atoms with E-state index in [1.54, 1.807) is 65.0 Å². The molecule has 1 aliphatic heterocycles. The topological polar surface area (TPSA) is 77.9 Å². The first kappa shape index (κ1) is 32.0. The predicted molar refractivity (Wildman–Crippen MR) is 165 cm³/mol. The van der Waals surface area contributed by atoms with E-state index in [4.69, 9.17) is 19.2 Å². The molecule has 0 unspecified atom stereocenters. The predicted octanol–water partition coefficient (Wildman–Crippen LogP) is 8.61. The van der Waals surface area contributed by atoms with Crippen LogP contribution in [0.4, 0.5) is 13.2 Å². The minimum Gasteiger partial charge on any atom is -0.493 e. The number of rotatable bonds is 9. The van der Waals surface area contributed by atoms with E-state index in [9.17, 15) is 14.3 Å². The maximum atomic E-state index is 15.1. The highest BCUT2D eigenvalue weighted by Gasteiger charge is 2.39. The Morgan fingerprint density at radius 3 is 2.29 bits per heavy atom. The van der Waals surface area contributed by atoms with Gasteiger partial charge in [-0.2, -0.15) is 0 Å². The van der Waals surface area contributed by atoms with Crippen LogP contribution in [-0.4, -0.2) is 34.9 Å². The minimum atomic E-state index is -3.11. The van der Waals surface area contributed by atoms with Crippen LogP contribution in [-0.2, 0) is 21.9 Å². The van der Waals surface area contributed by atoms with Gasteiger partial charge in [-0.25, -0.2) is 18.0 Å². The van der Waals surface area contributed by atoms with Crippen LogP contribution < -0.4 is 9.47 Å². The van der Waals surface area contributed by atoms with Crippen molar-refractivity contribution in [3.8, 4) is 33.8 Å². The highest BCUT2D eigenvalue weighted by atomic mass is 19.3. The molecule has 0 saturated heterocycles. The Morgan fingerprint density at radius 1 is 0.978 bits per heavy atom. The Labute approximate surface area is 260 Å². The normalized spacial score (nSPS) is 14.8. The van der Waals surface area contributed by atoms with Gasteiger partial charge in [-0.1, -0.05) is 30.3 Å². The Morgan fingerprint density at radius 2 is 1.64 bits per heavy atom. The zero-order valence-electron chi connectivity index (χ0n) is 25.9. The molecule has 1 aliphatic rings. The van der Waals surface area contributed by atoms with Crippen molar-refractivity contribution in [2.75, 3.05) is 13.2 Å². The highest BCUT2D eigenvalue weighted by molar-refractivity contribution is 5.91. The number of aromatic nitrogens is 1. The molecule has 0 bridgehead atoms. The average molecular weight is 620 g/mol. The van der Waals surface area contributed by atoms with Crippen LogP contribution in [0.2, 0.25) is 0 Å². The summed E-state index contributed by atoms with van der Waals surface area (Å²) in [5.74, 6) is -3.92. The summed E-state index contributed by atoms with van der Waals surface area (Å²) < 4.78 is 61.0. The van der Waals surface area contributed by atoms with Gasteiger partial charge in [0.15, 0.2) is 6.10 Å². The number of alkyl halides is 2. The molecule has 2 heterocycles. The van der Waals surface area contributed by atoms with Crippen molar-refractivity contribution < 1.29 is 37.3 Å². The molecule has 9 heteroatoms. The van der Waals surface area contributed by atoms with Gasteiger partial charge >= 0.3 is 5.97 Å². The monoisotopic (exact) mass is 619 g/mol. The third-order valence-electron chi connectivity index (χ3n) is 7.62. The second kappa shape index (κ2) is 12.6. The van der Waals surface area contributed by atoms with Crippen molar-refractivity contribution in [1.29, 1.82) is 0 Å². The van der Waals surface area contributed by atoms with Crippen molar-refractivity contribution in [2.24, 2.45) is 0 Å². The number of carbonyl (C=O) groups is 1. The van der Waals surface area contributed by atoms with Crippen molar-refractivity contribution in [3.63, 3.8) is 0 Å². The van der Waals surface area contributed by atoms with E-state index in [-0.39, 0.29) is 29.3 Å². The zero-order valence-corrected chi connectivity index (χ0v) is 25.9. The van der Waals surface area contributed by atoms with Crippen LogP contribution in [0.1, 0.15) is 61.4 Å². The Hall–Kier alpha value is -4.37. The van der Waals surface area contributed by atoms with Gasteiger partial charge in [0.1, 0.15) is 17.3 Å². The number of pyridine rings is 1. The molecule has 0 fully saturated rings. The molecule has 6 nitrogen and oxygen atoms in total. The number of carboxylic acids is 1. The molecular weight excluding hydrogens is 583 g/mol. The number of benzene rings is 3. The summed E-state index contributed by atoms with van der Waals surface area (Å²) in [5.41, 5.74) is 3.31. The van der Waals surface area contributed by atoms with Crippen LogP contribution in [0.15, 0.2) is 66.7 Å². The Bertz CT molecular complexity index is 1700. The van der Waals surface area contributed by atoms with E-state index in [2.05, 4.69) is 0 Å². The summed E-state index contributed by atoms with van der Waals surface area (Å²) in [5, 5.41) is 10.4. The fourth-order valence-electron chi connectivity index (χ4n) is 5.60. The van der Waals surface area contributed by atoms with E-state index in [0.717, 1.165) is 5.56 Å². The molecule has 45 heavy (non-hydrogen) atoms. The smallest absolute Gasteiger partial charge is 0.337 e. The molecule has 3 aromatic carbocycles. The maximum Gasteiger partial charge on any atom is 0.337 e. The number of aliphatic carboxylic acids is 1. The summed E-state index contributed by atoms with van der Waals surface area (Å²) in [7, 11) is 0. The number of fused-ring (bicyclic) bond motifs is 1. The van der Waals surface area contributed by atoms with Gasteiger partial charge in [0.2, 0.25) is 0 Å². The van der Waals surface area contributed by atoms with E-state index in [0.29, 0.717) is 52.4 Å². The second-order valence-electron chi connectivity index (χ2n) is 12.2. The Balaban J connectivity index is 1.61. The highest BCUT2D eigenvalue weighted by Crippen LogP contribution is 2.47. The quantitative estimate of drug-likeness (QED) is 0.202. The number of carboxylic acid groups (broad SMARTS) is 1. The molecule has 0 amide bonds. The molecular formula is C36H36F3NO5. The molecule has 4 aromatic rings. The molecule has 5 rings (SSSR count). The van der Waals surface area contributed by atoms with Gasteiger partial charge in [-0.3, -0.25) is 4.98 Å². The summed E-state index contributed by atoms with van der Waals surface area (Å²) in [6.45, 7) is 9.05. The van der Waals surface area contributed by atoms with Gasteiger partial charge in [0, 0.05) is 28.9 Å².